The predicted octanol–water partition coefficient (Wildman–Crippen LogP) is 1.91. The average molecular weight is 274 g/mol. The van der Waals surface area contributed by atoms with Crippen LogP contribution < -0.4 is 9.44 Å². The standard InChI is InChI=1S/C14H14N2O2S/c17-19(18)15-13(11-7-3-1-4-8-11)14(16-19)12-9-5-2-6-10-12/h1-10,13-16H/t13-,14-/m0/s1. The van der Waals surface area contributed by atoms with Gasteiger partial charge >= 0.3 is 0 Å². The van der Waals surface area contributed by atoms with Crippen LogP contribution in [0.3, 0.4) is 0 Å². The Morgan fingerprint density at radius 1 is 0.684 bits per heavy atom. The lowest BCUT2D eigenvalue weighted by atomic mass is 9.95. The molecule has 0 aromatic heterocycles. The lowest BCUT2D eigenvalue weighted by Crippen LogP contribution is -2.24. The highest BCUT2D eigenvalue weighted by molar-refractivity contribution is 7.87. The number of nitrogens with one attached hydrogen (secondary N) is 2. The van der Waals surface area contributed by atoms with Gasteiger partial charge in [0.25, 0.3) is 10.2 Å². The Balaban J connectivity index is 2.02. The van der Waals surface area contributed by atoms with Gasteiger partial charge in [0.1, 0.15) is 0 Å². The molecule has 19 heavy (non-hydrogen) atoms. The van der Waals surface area contributed by atoms with Gasteiger partial charge in [-0.15, -0.1) is 0 Å². The van der Waals surface area contributed by atoms with E-state index in [-0.39, 0.29) is 12.1 Å². The second kappa shape index (κ2) is 4.77. The minimum absolute atomic E-state index is 0.284. The SMILES string of the molecule is O=S1(=O)N[C@@H](c2ccccc2)[C@H](c2ccccc2)N1. The van der Waals surface area contributed by atoms with Gasteiger partial charge < -0.3 is 0 Å². The summed E-state index contributed by atoms with van der Waals surface area (Å²) < 4.78 is 28.9. The van der Waals surface area contributed by atoms with E-state index >= 15 is 0 Å². The first-order valence-corrected chi connectivity index (χ1v) is 7.53. The molecule has 0 aliphatic carbocycles. The third-order valence-electron chi connectivity index (χ3n) is 3.21. The smallest absolute Gasteiger partial charge is 0.195 e. The Morgan fingerprint density at radius 2 is 1.05 bits per heavy atom. The molecule has 1 heterocycles. The molecular formula is C14H14N2O2S. The molecule has 5 heteroatoms. The van der Waals surface area contributed by atoms with E-state index in [4.69, 9.17) is 0 Å². The third-order valence-corrected chi connectivity index (χ3v) is 4.34. The molecule has 2 aromatic rings. The Kier molecular flexibility index (Phi) is 3.10. The van der Waals surface area contributed by atoms with Crippen LogP contribution in [0.25, 0.3) is 0 Å². The van der Waals surface area contributed by atoms with Gasteiger partial charge in [0.15, 0.2) is 0 Å². The molecule has 0 saturated carbocycles. The highest BCUT2D eigenvalue weighted by Crippen LogP contribution is 2.33. The molecule has 0 spiro atoms. The predicted molar refractivity (Wildman–Crippen MR) is 73.6 cm³/mol. The van der Waals surface area contributed by atoms with Gasteiger partial charge in [0.2, 0.25) is 0 Å². The second-order valence-electron chi connectivity index (χ2n) is 4.52. The normalized spacial score (nSPS) is 25.3. The minimum atomic E-state index is -3.44. The first-order valence-electron chi connectivity index (χ1n) is 6.05. The van der Waals surface area contributed by atoms with Crippen molar-refractivity contribution in [1.29, 1.82) is 0 Å². The van der Waals surface area contributed by atoms with Gasteiger partial charge in [-0.25, -0.2) is 0 Å². The van der Waals surface area contributed by atoms with E-state index < -0.39 is 10.2 Å². The summed E-state index contributed by atoms with van der Waals surface area (Å²) in [4.78, 5) is 0. The van der Waals surface area contributed by atoms with Gasteiger partial charge in [-0.05, 0) is 11.1 Å². The molecule has 0 unspecified atom stereocenters. The number of benzene rings is 2. The molecule has 1 aliphatic heterocycles. The number of hydrogen-bond acceptors (Lipinski definition) is 2. The summed E-state index contributed by atoms with van der Waals surface area (Å²) in [7, 11) is -3.44. The maximum absolute atomic E-state index is 11.8. The van der Waals surface area contributed by atoms with Gasteiger partial charge in [-0.3, -0.25) is 0 Å². The van der Waals surface area contributed by atoms with E-state index in [1.165, 1.54) is 0 Å². The lowest BCUT2D eigenvalue weighted by molar-refractivity contribution is 0.554. The van der Waals surface area contributed by atoms with E-state index in [2.05, 4.69) is 9.44 Å². The molecule has 0 radical (unpaired) electrons. The van der Waals surface area contributed by atoms with Crippen molar-refractivity contribution in [3.8, 4) is 0 Å². The Morgan fingerprint density at radius 3 is 1.42 bits per heavy atom. The molecule has 2 atom stereocenters. The molecule has 4 nitrogen and oxygen atoms in total. The van der Waals surface area contributed by atoms with Crippen LogP contribution in [-0.2, 0) is 10.2 Å². The van der Waals surface area contributed by atoms with Crippen molar-refractivity contribution in [3.63, 3.8) is 0 Å². The molecule has 1 aliphatic rings. The zero-order valence-corrected chi connectivity index (χ0v) is 11.0. The molecule has 0 bridgehead atoms. The number of rotatable bonds is 2. The molecule has 3 rings (SSSR count). The summed E-state index contributed by atoms with van der Waals surface area (Å²) in [6, 6.07) is 18.6. The molecule has 0 amide bonds. The van der Waals surface area contributed by atoms with Crippen molar-refractivity contribution < 1.29 is 8.42 Å². The van der Waals surface area contributed by atoms with E-state index in [1.807, 2.05) is 60.7 Å². The first-order chi connectivity index (χ1) is 9.16. The second-order valence-corrected chi connectivity index (χ2v) is 5.99. The molecule has 1 saturated heterocycles. The summed E-state index contributed by atoms with van der Waals surface area (Å²) in [6.07, 6.45) is 0. The van der Waals surface area contributed by atoms with Crippen molar-refractivity contribution in [2.24, 2.45) is 0 Å². The summed E-state index contributed by atoms with van der Waals surface area (Å²) in [5, 5.41) is 0. The first kappa shape index (κ1) is 12.3. The van der Waals surface area contributed by atoms with Gasteiger partial charge in [-0.2, -0.15) is 17.9 Å². The zero-order chi connectivity index (χ0) is 13.3. The van der Waals surface area contributed by atoms with Crippen LogP contribution in [0.4, 0.5) is 0 Å². The fraction of sp³-hybridized carbons (Fsp3) is 0.143. The molecule has 1 fully saturated rings. The van der Waals surface area contributed by atoms with Crippen LogP contribution in [0, 0.1) is 0 Å². The molecule has 2 N–H and O–H groups in total. The van der Waals surface area contributed by atoms with Crippen molar-refractivity contribution in [3.05, 3.63) is 71.8 Å². The fourth-order valence-electron chi connectivity index (χ4n) is 2.35. The molecule has 98 valence electrons. The molecule has 2 aromatic carbocycles. The van der Waals surface area contributed by atoms with Crippen LogP contribution in [0.15, 0.2) is 60.7 Å². The summed E-state index contributed by atoms with van der Waals surface area (Å²) in [5.41, 5.74) is 1.90. The summed E-state index contributed by atoms with van der Waals surface area (Å²) >= 11 is 0. The van der Waals surface area contributed by atoms with Gasteiger partial charge in [0, 0.05) is 0 Å². The maximum Gasteiger partial charge on any atom is 0.278 e. The van der Waals surface area contributed by atoms with Crippen molar-refractivity contribution in [2.75, 3.05) is 0 Å². The van der Waals surface area contributed by atoms with Gasteiger partial charge in [-0.1, -0.05) is 60.7 Å². The van der Waals surface area contributed by atoms with E-state index in [0.29, 0.717) is 0 Å². The molecular weight excluding hydrogens is 260 g/mol. The van der Waals surface area contributed by atoms with E-state index in [1.54, 1.807) is 0 Å². The topological polar surface area (TPSA) is 58.2 Å². The van der Waals surface area contributed by atoms with E-state index in [9.17, 15) is 8.42 Å². The van der Waals surface area contributed by atoms with Crippen LogP contribution in [0.2, 0.25) is 0 Å². The lowest BCUT2D eigenvalue weighted by Gasteiger charge is -2.18. The largest absolute Gasteiger partial charge is 0.278 e. The quantitative estimate of drug-likeness (QED) is 0.879. The van der Waals surface area contributed by atoms with Crippen LogP contribution >= 0.6 is 0 Å². The summed E-state index contributed by atoms with van der Waals surface area (Å²) in [5.74, 6) is 0. The number of hydrogen-bond donors (Lipinski definition) is 2. The minimum Gasteiger partial charge on any atom is -0.195 e. The van der Waals surface area contributed by atoms with Crippen molar-refractivity contribution in [1.82, 2.24) is 9.44 Å². The van der Waals surface area contributed by atoms with Gasteiger partial charge in [0.05, 0.1) is 12.1 Å². The Labute approximate surface area is 112 Å². The average Bonchev–Trinajstić information content (AvgIpc) is 2.77. The van der Waals surface area contributed by atoms with Crippen molar-refractivity contribution in [2.45, 2.75) is 12.1 Å². The van der Waals surface area contributed by atoms with Crippen molar-refractivity contribution >= 4 is 10.2 Å². The Bertz CT molecular complexity index is 603. The van der Waals surface area contributed by atoms with E-state index in [0.717, 1.165) is 11.1 Å². The van der Waals surface area contributed by atoms with Crippen LogP contribution in [0.1, 0.15) is 23.2 Å². The zero-order valence-electron chi connectivity index (χ0n) is 10.2. The fourth-order valence-corrected chi connectivity index (χ4v) is 3.63. The monoisotopic (exact) mass is 274 g/mol. The van der Waals surface area contributed by atoms with Crippen LogP contribution in [0.5, 0.6) is 0 Å². The maximum atomic E-state index is 11.8. The summed E-state index contributed by atoms with van der Waals surface area (Å²) in [6.45, 7) is 0. The van der Waals surface area contributed by atoms with Crippen LogP contribution in [-0.4, -0.2) is 8.42 Å². The highest BCUT2D eigenvalue weighted by Gasteiger charge is 2.37. The Hall–Kier alpha value is -1.69. The highest BCUT2D eigenvalue weighted by atomic mass is 32.2. The third kappa shape index (κ3) is 2.53.